The molecule has 0 saturated carbocycles. The van der Waals surface area contributed by atoms with Gasteiger partial charge in [-0.2, -0.15) is 0 Å². The Hall–Kier alpha value is -1.72. The molecule has 0 amide bonds. The smallest absolute Gasteiger partial charge is 0.119 e. The van der Waals surface area contributed by atoms with Crippen molar-refractivity contribution < 1.29 is 4.74 Å². The van der Waals surface area contributed by atoms with E-state index < -0.39 is 0 Å². The van der Waals surface area contributed by atoms with Crippen molar-refractivity contribution in [3.63, 3.8) is 0 Å². The van der Waals surface area contributed by atoms with Crippen molar-refractivity contribution in [2.45, 2.75) is 6.42 Å². The Bertz CT molecular complexity index is 381. The summed E-state index contributed by atoms with van der Waals surface area (Å²) in [6.45, 7) is 0.713. The Balaban J connectivity index is 1.79. The molecule has 1 aliphatic rings. The van der Waals surface area contributed by atoms with Crippen LogP contribution in [0.1, 0.15) is 6.42 Å². The molecule has 0 aliphatic heterocycles. The number of hydrogen-bond acceptors (Lipinski definition) is 1. The van der Waals surface area contributed by atoms with Crippen LogP contribution in [0.15, 0.2) is 59.9 Å². The lowest BCUT2D eigenvalue weighted by molar-refractivity contribution is 0.323. The van der Waals surface area contributed by atoms with E-state index in [-0.39, 0.29) is 0 Å². The molecular formula is C13H12O. The molecule has 70 valence electrons. The molecule has 0 fully saturated rings. The topological polar surface area (TPSA) is 9.23 Å². The molecule has 0 atom stereocenters. The summed E-state index contributed by atoms with van der Waals surface area (Å²) in [5.41, 5.74) is 4.35. The summed E-state index contributed by atoms with van der Waals surface area (Å²) in [5, 5.41) is 0. The van der Waals surface area contributed by atoms with E-state index in [0.29, 0.717) is 6.61 Å². The van der Waals surface area contributed by atoms with E-state index in [1.54, 1.807) is 0 Å². The zero-order valence-electron chi connectivity index (χ0n) is 7.94. The fourth-order valence-corrected chi connectivity index (χ4v) is 1.32. The highest BCUT2D eigenvalue weighted by Crippen LogP contribution is 2.11. The number of allylic oxidation sites excluding steroid dienone is 2. The van der Waals surface area contributed by atoms with Gasteiger partial charge in [0, 0.05) is 6.42 Å². The minimum atomic E-state index is 0.713. The maximum absolute atomic E-state index is 5.56. The summed E-state index contributed by atoms with van der Waals surface area (Å²) < 4.78 is 5.56. The third-order valence-corrected chi connectivity index (χ3v) is 2.05. The summed E-state index contributed by atoms with van der Waals surface area (Å²) in [6, 6.07) is 9.87. The van der Waals surface area contributed by atoms with Gasteiger partial charge in [-0.15, -0.1) is 5.73 Å². The van der Waals surface area contributed by atoms with E-state index in [0.717, 1.165) is 12.2 Å². The average Bonchev–Trinajstić information content (AvgIpc) is 2.72. The van der Waals surface area contributed by atoms with Gasteiger partial charge in [0.05, 0.1) is 6.61 Å². The maximum Gasteiger partial charge on any atom is 0.119 e. The van der Waals surface area contributed by atoms with Crippen molar-refractivity contribution in [1.29, 1.82) is 0 Å². The molecule has 1 aromatic carbocycles. The van der Waals surface area contributed by atoms with E-state index >= 15 is 0 Å². The highest BCUT2D eigenvalue weighted by atomic mass is 16.5. The first-order valence-electron chi connectivity index (χ1n) is 4.75. The Morgan fingerprint density at radius 1 is 1.14 bits per heavy atom. The summed E-state index contributed by atoms with van der Waals surface area (Å²) in [6.07, 6.45) is 6.91. The van der Waals surface area contributed by atoms with Crippen LogP contribution in [0.3, 0.4) is 0 Å². The fraction of sp³-hybridized carbons (Fsp3) is 0.154. The molecule has 0 spiro atoms. The molecule has 0 N–H and O–H groups in total. The first-order valence-corrected chi connectivity index (χ1v) is 4.75. The van der Waals surface area contributed by atoms with Gasteiger partial charge < -0.3 is 4.74 Å². The zero-order chi connectivity index (χ0) is 9.64. The second-order valence-corrected chi connectivity index (χ2v) is 3.11. The van der Waals surface area contributed by atoms with Crippen LogP contribution in [-0.4, -0.2) is 6.61 Å². The summed E-state index contributed by atoms with van der Waals surface area (Å²) in [5.74, 6) is 0.930. The van der Waals surface area contributed by atoms with Crippen LogP contribution in [0.5, 0.6) is 5.75 Å². The highest BCUT2D eigenvalue weighted by Gasteiger charge is 1.96. The van der Waals surface area contributed by atoms with Gasteiger partial charge in [-0.05, 0) is 23.8 Å². The monoisotopic (exact) mass is 184 g/mol. The molecule has 1 heteroatoms. The Morgan fingerprint density at radius 2 is 2.00 bits per heavy atom. The lowest BCUT2D eigenvalue weighted by atomic mass is 10.2. The molecule has 0 unspecified atom stereocenters. The third kappa shape index (κ3) is 2.38. The molecule has 1 nitrogen and oxygen atoms in total. The minimum absolute atomic E-state index is 0.713. The van der Waals surface area contributed by atoms with Gasteiger partial charge in [0.15, 0.2) is 0 Å². The average molecular weight is 184 g/mol. The Kier molecular flexibility index (Phi) is 2.85. The Labute approximate surface area is 84.0 Å². The first-order chi connectivity index (χ1) is 6.95. The van der Waals surface area contributed by atoms with Crippen molar-refractivity contribution in [2.24, 2.45) is 0 Å². The zero-order valence-corrected chi connectivity index (χ0v) is 7.94. The van der Waals surface area contributed by atoms with Gasteiger partial charge >= 0.3 is 0 Å². The van der Waals surface area contributed by atoms with E-state index in [1.807, 2.05) is 42.5 Å². The normalized spacial score (nSPS) is 13.0. The van der Waals surface area contributed by atoms with Crippen LogP contribution in [-0.2, 0) is 0 Å². The van der Waals surface area contributed by atoms with E-state index in [4.69, 9.17) is 4.74 Å². The van der Waals surface area contributed by atoms with Gasteiger partial charge in [0.25, 0.3) is 0 Å². The standard InChI is InChI=1S/C13H12O/c1-2-8-13(9-3-1)14-11-10-12-6-4-5-7-12/h1-6,8-9H,10-11H2. The second kappa shape index (κ2) is 4.50. The highest BCUT2D eigenvalue weighted by molar-refractivity contribution is 5.29. The lowest BCUT2D eigenvalue weighted by Gasteiger charge is -2.04. The van der Waals surface area contributed by atoms with Crippen LogP contribution in [0.4, 0.5) is 0 Å². The van der Waals surface area contributed by atoms with Crippen LogP contribution in [0, 0.1) is 0 Å². The molecule has 0 radical (unpaired) electrons. The molecule has 0 heterocycles. The molecule has 0 bridgehead atoms. The first kappa shape index (κ1) is 8.86. The number of ether oxygens (including phenoxy) is 1. The van der Waals surface area contributed by atoms with Crippen molar-refractivity contribution >= 4 is 0 Å². The Morgan fingerprint density at radius 3 is 2.71 bits per heavy atom. The summed E-state index contributed by atoms with van der Waals surface area (Å²) >= 11 is 0. The van der Waals surface area contributed by atoms with Gasteiger partial charge in [-0.3, -0.25) is 0 Å². The largest absolute Gasteiger partial charge is 0.493 e. The van der Waals surface area contributed by atoms with E-state index in [2.05, 4.69) is 11.8 Å². The number of para-hydroxylation sites is 1. The lowest BCUT2D eigenvalue weighted by Crippen LogP contribution is -1.97. The van der Waals surface area contributed by atoms with Gasteiger partial charge in [0.2, 0.25) is 0 Å². The molecule has 14 heavy (non-hydrogen) atoms. The third-order valence-electron chi connectivity index (χ3n) is 2.05. The maximum atomic E-state index is 5.56. The van der Waals surface area contributed by atoms with Crippen LogP contribution < -0.4 is 4.74 Å². The predicted molar refractivity (Wildman–Crippen MR) is 57.3 cm³/mol. The van der Waals surface area contributed by atoms with Crippen LogP contribution in [0.25, 0.3) is 0 Å². The van der Waals surface area contributed by atoms with Crippen LogP contribution >= 0.6 is 0 Å². The van der Waals surface area contributed by atoms with E-state index in [1.165, 1.54) is 5.57 Å². The van der Waals surface area contributed by atoms with Crippen molar-refractivity contribution in [1.82, 2.24) is 0 Å². The van der Waals surface area contributed by atoms with Gasteiger partial charge in [-0.25, -0.2) is 0 Å². The quantitative estimate of drug-likeness (QED) is 0.653. The second-order valence-electron chi connectivity index (χ2n) is 3.11. The minimum Gasteiger partial charge on any atom is -0.493 e. The molecule has 2 rings (SSSR count). The fourth-order valence-electron chi connectivity index (χ4n) is 1.32. The molecule has 1 aromatic rings. The summed E-state index contributed by atoms with van der Waals surface area (Å²) in [4.78, 5) is 0. The predicted octanol–water partition coefficient (Wildman–Crippen LogP) is 3.11. The molecule has 1 aliphatic carbocycles. The molecule has 0 aromatic heterocycles. The van der Waals surface area contributed by atoms with Crippen molar-refractivity contribution in [2.75, 3.05) is 6.61 Å². The number of benzene rings is 1. The number of hydrogen-bond donors (Lipinski definition) is 0. The van der Waals surface area contributed by atoms with Crippen molar-refractivity contribution in [3.05, 3.63) is 59.9 Å². The van der Waals surface area contributed by atoms with E-state index in [9.17, 15) is 0 Å². The summed E-state index contributed by atoms with van der Waals surface area (Å²) in [7, 11) is 0. The molecular weight excluding hydrogens is 172 g/mol. The van der Waals surface area contributed by atoms with Gasteiger partial charge in [-0.1, -0.05) is 30.4 Å². The SMILES string of the molecule is C1=CC=CC=1CCOc1ccccc1. The molecule has 0 saturated heterocycles. The van der Waals surface area contributed by atoms with Crippen LogP contribution in [0.2, 0.25) is 0 Å². The number of rotatable bonds is 4. The van der Waals surface area contributed by atoms with Crippen molar-refractivity contribution in [3.8, 4) is 5.75 Å². The van der Waals surface area contributed by atoms with Gasteiger partial charge in [0.1, 0.15) is 5.75 Å².